The van der Waals surface area contributed by atoms with Crippen LogP contribution in [0.5, 0.6) is 0 Å². The second kappa shape index (κ2) is 3.79. The minimum Gasteiger partial charge on any atom is -0.372 e. The fourth-order valence-corrected chi connectivity index (χ4v) is 2.20. The number of pyridine rings is 1. The highest BCUT2D eigenvalue weighted by molar-refractivity contribution is 5.39. The zero-order valence-corrected chi connectivity index (χ0v) is 8.98. The van der Waals surface area contributed by atoms with Crippen LogP contribution in [0.15, 0.2) is 29.2 Å². The molecule has 1 atom stereocenters. The highest BCUT2D eigenvalue weighted by Crippen LogP contribution is 2.26. The lowest BCUT2D eigenvalue weighted by molar-refractivity contribution is 0.0126. The van der Waals surface area contributed by atoms with Crippen molar-refractivity contribution >= 4 is 5.65 Å². The van der Waals surface area contributed by atoms with Gasteiger partial charge in [-0.05, 0) is 25.3 Å². The summed E-state index contributed by atoms with van der Waals surface area (Å²) in [6.07, 6.45) is 5.33. The number of rotatable bonds is 1. The van der Waals surface area contributed by atoms with Gasteiger partial charge >= 0.3 is 0 Å². The lowest BCUT2D eigenvalue weighted by Gasteiger charge is -2.20. The zero-order valence-electron chi connectivity index (χ0n) is 8.98. The minimum atomic E-state index is -0.00388. The van der Waals surface area contributed by atoms with E-state index in [0.29, 0.717) is 0 Å². The number of nitrogens with one attached hydrogen (secondary N) is 1. The minimum absolute atomic E-state index is 0.00388. The van der Waals surface area contributed by atoms with E-state index < -0.39 is 0 Å². The molecule has 1 saturated heterocycles. The van der Waals surface area contributed by atoms with E-state index in [9.17, 15) is 4.79 Å². The van der Waals surface area contributed by atoms with Gasteiger partial charge < -0.3 is 9.72 Å². The summed E-state index contributed by atoms with van der Waals surface area (Å²) in [5.41, 5.74) is 1.83. The number of hydrogen-bond donors (Lipinski definition) is 1. The average Bonchev–Trinajstić information content (AvgIpc) is 2.76. The Bertz CT molecular complexity index is 549. The molecule has 3 rings (SSSR count). The predicted octanol–water partition coefficient (Wildman–Crippen LogP) is 1.87. The van der Waals surface area contributed by atoms with Gasteiger partial charge in [0.15, 0.2) is 0 Å². The highest BCUT2D eigenvalue weighted by Gasteiger charge is 2.18. The molecule has 0 bridgehead atoms. The molecule has 0 radical (unpaired) electrons. The molecule has 3 heterocycles. The number of H-pyrrole nitrogens is 1. The van der Waals surface area contributed by atoms with Crippen LogP contribution in [0.3, 0.4) is 0 Å². The van der Waals surface area contributed by atoms with Gasteiger partial charge in [0.1, 0.15) is 5.65 Å². The van der Waals surface area contributed by atoms with Crippen molar-refractivity contribution in [3.63, 3.8) is 0 Å². The van der Waals surface area contributed by atoms with E-state index in [-0.39, 0.29) is 11.7 Å². The third-order valence-corrected chi connectivity index (χ3v) is 3.06. The molecule has 0 spiro atoms. The van der Waals surface area contributed by atoms with Crippen LogP contribution in [0.4, 0.5) is 0 Å². The number of ether oxygens (including phenoxy) is 1. The smallest absolute Gasteiger partial charge is 0.256 e. The third-order valence-electron chi connectivity index (χ3n) is 3.06. The second-order valence-electron chi connectivity index (χ2n) is 4.18. The Morgan fingerprint density at radius 3 is 3.06 bits per heavy atom. The fourth-order valence-electron chi connectivity index (χ4n) is 2.20. The monoisotopic (exact) mass is 218 g/mol. The Balaban J connectivity index is 2.04. The van der Waals surface area contributed by atoms with Gasteiger partial charge in [-0.15, -0.1) is 0 Å². The van der Waals surface area contributed by atoms with Crippen LogP contribution in [-0.2, 0) is 4.74 Å². The topological polar surface area (TPSA) is 46.5 Å². The quantitative estimate of drug-likeness (QED) is 0.794. The summed E-state index contributed by atoms with van der Waals surface area (Å²) in [7, 11) is 0. The average molecular weight is 218 g/mol. The molecule has 2 aromatic heterocycles. The summed E-state index contributed by atoms with van der Waals surface area (Å²) in [5, 5.41) is 0. The van der Waals surface area contributed by atoms with E-state index in [2.05, 4.69) is 4.98 Å². The summed E-state index contributed by atoms with van der Waals surface area (Å²) in [4.78, 5) is 14.8. The van der Waals surface area contributed by atoms with Gasteiger partial charge in [-0.2, -0.15) is 0 Å². The summed E-state index contributed by atoms with van der Waals surface area (Å²) in [5.74, 6) is 0. The molecule has 1 fully saturated rings. The molecule has 0 amide bonds. The Kier molecular flexibility index (Phi) is 2.29. The van der Waals surface area contributed by atoms with E-state index in [1.54, 1.807) is 16.5 Å². The van der Waals surface area contributed by atoms with Crippen molar-refractivity contribution in [3.05, 3.63) is 40.4 Å². The summed E-state index contributed by atoms with van der Waals surface area (Å²) in [6, 6.07) is 5.22. The van der Waals surface area contributed by atoms with E-state index in [4.69, 9.17) is 4.74 Å². The second-order valence-corrected chi connectivity index (χ2v) is 4.18. The third kappa shape index (κ3) is 1.55. The molecule has 1 aliphatic heterocycles. The number of hydrogen-bond acceptors (Lipinski definition) is 2. The van der Waals surface area contributed by atoms with Gasteiger partial charge in [-0.1, -0.05) is 6.07 Å². The lowest BCUT2D eigenvalue weighted by atomic mass is 10.1. The van der Waals surface area contributed by atoms with Gasteiger partial charge in [0.05, 0.1) is 11.8 Å². The highest BCUT2D eigenvalue weighted by atomic mass is 16.5. The van der Waals surface area contributed by atoms with Gasteiger partial charge in [0.2, 0.25) is 0 Å². The van der Waals surface area contributed by atoms with Crippen LogP contribution in [0.1, 0.15) is 31.1 Å². The molecule has 84 valence electrons. The zero-order chi connectivity index (χ0) is 11.0. The van der Waals surface area contributed by atoms with Crippen molar-refractivity contribution < 1.29 is 4.74 Å². The summed E-state index contributed by atoms with van der Waals surface area (Å²) < 4.78 is 7.32. The van der Waals surface area contributed by atoms with Crippen LogP contribution < -0.4 is 5.56 Å². The first kappa shape index (κ1) is 9.66. The van der Waals surface area contributed by atoms with E-state index >= 15 is 0 Å². The predicted molar refractivity (Wildman–Crippen MR) is 60.6 cm³/mol. The molecule has 1 N–H and O–H groups in total. The molecular weight excluding hydrogens is 204 g/mol. The van der Waals surface area contributed by atoms with Crippen molar-refractivity contribution in [1.82, 2.24) is 9.38 Å². The van der Waals surface area contributed by atoms with Crippen LogP contribution >= 0.6 is 0 Å². The summed E-state index contributed by atoms with van der Waals surface area (Å²) >= 11 is 0. The maximum atomic E-state index is 11.6. The van der Waals surface area contributed by atoms with Gasteiger partial charge in [-0.25, -0.2) is 0 Å². The van der Waals surface area contributed by atoms with Crippen LogP contribution in [0.2, 0.25) is 0 Å². The normalized spacial score (nSPS) is 21.4. The molecule has 0 aromatic carbocycles. The lowest BCUT2D eigenvalue weighted by Crippen LogP contribution is -2.12. The molecule has 4 nitrogen and oxygen atoms in total. The van der Waals surface area contributed by atoms with Gasteiger partial charge in [0.25, 0.3) is 5.56 Å². The first-order chi connectivity index (χ1) is 7.84. The van der Waals surface area contributed by atoms with Crippen LogP contribution in [-0.4, -0.2) is 16.0 Å². The van der Waals surface area contributed by atoms with Gasteiger partial charge in [-0.3, -0.25) is 9.20 Å². The Hall–Kier alpha value is -1.55. The molecule has 0 aliphatic carbocycles. The molecule has 1 unspecified atom stereocenters. The van der Waals surface area contributed by atoms with Crippen molar-refractivity contribution in [2.24, 2.45) is 0 Å². The number of nitrogens with zero attached hydrogens (tertiary/aromatic N) is 1. The fraction of sp³-hybridized carbons (Fsp3) is 0.417. The van der Waals surface area contributed by atoms with Crippen LogP contribution in [0, 0.1) is 0 Å². The van der Waals surface area contributed by atoms with Crippen LogP contribution in [0.25, 0.3) is 5.65 Å². The Morgan fingerprint density at radius 1 is 1.38 bits per heavy atom. The van der Waals surface area contributed by atoms with E-state index in [0.717, 1.165) is 30.8 Å². The maximum absolute atomic E-state index is 11.6. The largest absolute Gasteiger partial charge is 0.372 e. The molecule has 0 saturated carbocycles. The number of fused-ring (bicyclic) bond motifs is 1. The van der Waals surface area contributed by atoms with Crippen molar-refractivity contribution in [3.8, 4) is 0 Å². The molecule has 2 aromatic rings. The SMILES string of the molecule is O=c1cccc2[nH]c(C3CCCCO3)cn12. The van der Waals surface area contributed by atoms with Crippen molar-refractivity contribution in [2.45, 2.75) is 25.4 Å². The summed E-state index contributed by atoms with van der Waals surface area (Å²) in [6.45, 7) is 0.814. The van der Waals surface area contributed by atoms with E-state index in [1.165, 1.54) is 6.42 Å². The Morgan fingerprint density at radius 2 is 2.31 bits per heavy atom. The molecular formula is C12H14N2O2. The van der Waals surface area contributed by atoms with Crippen molar-refractivity contribution in [1.29, 1.82) is 0 Å². The van der Waals surface area contributed by atoms with Gasteiger partial charge in [0, 0.05) is 18.9 Å². The maximum Gasteiger partial charge on any atom is 0.256 e. The first-order valence-electron chi connectivity index (χ1n) is 5.66. The number of imidazole rings is 1. The number of aromatic nitrogens is 2. The standard InChI is InChI=1S/C12H14N2O2/c15-12-6-3-5-11-13-9(8-14(11)12)10-4-1-2-7-16-10/h3,5-6,8,10,13H,1-2,4,7H2. The first-order valence-corrected chi connectivity index (χ1v) is 5.66. The molecule has 4 heteroatoms. The molecule has 16 heavy (non-hydrogen) atoms. The molecule has 1 aliphatic rings. The Labute approximate surface area is 92.9 Å². The van der Waals surface area contributed by atoms with Crippen molar-refractivity contribution in [2.75, 3.05) is 6.61 Å². The number of aromatic amines is 1. The van der Waals surface area contributed by atoms with E-state index in [1.807, 2.05) is 12.3 Å².